The van der Waals surface area contributed by atoms with Gasteiger partial charge in [0.15, 0.2) is 0 Å². The Morgan fingerprint density at radius 1 is 1.50 bits per heavy atom. The minimum absolute atomic E-state index is 0.0568. The Labute approximate surface area is 54.7 Å². The van der Waals surface area contributed by atoms with Gasteiger partial charge in [-0.15, -0.1) is 0 Å². The van der Waals surface area contributed by atoms with Crippen molar-refractivity contribution in [2.75, 3.05) is 0 Å². The molecule has 2 atom stereocenters. The number of alkyl halides is 3. The second-order valence-corrected chi connectivity index (χ2v) is 2.17. The van der Waals surface area contributed by atoms with E-state index >= 15 is 0 Å². The van der Waals surface area contributed by atoms with Crippen LogP contribution in [0.1, 0.15) is 6.42 Å². The van der Waals surface area contributed by atoms with E-state index in [9.17, 15) is 18.0 Å². The first-order valence-electron chi connectivity index (χ1n) is 2.69. The van der Waals surface area contributed by atoms with Gasteiger partial charge < -0.3 is 0 Å². The fourth-order valence-electron chi connectivity index (χ4n) is 0.744. The Bertz CT molecular complexity index is 182. The van der Waals surface area contributed by atoms with E-state index < -0.39 is 18.1 Å². The van der Waals surface area contributed by atoms with Crippen molar-refractivity contribution in [1.29, 1.82) is 0 Å². The van der Waals surface area contributed by atoms with Crippen molar-refractivity contribution in [3.8, 4) is 0 Å². The number of rotatable bonds is 1. The van der Waals surface area contributed by atoms with Crippen LogP contribution >= 0.6 is 0 Å². The van der Waals surface area contributed by atoms with Crippen molar-refractivity contribution in [3.05, 3.63) is 0 Å². The summed E-state index contributed by atoms with van der Waals surface area (Å²) in [6, 6.07) is -0.850. The molecular formula is C5H4F3NO. The Balaban J connectivity index is 2.46. The topological polar surface area (TPSA) is 29.4 Å². The predicted molar refractivity (Wildman–Crippen MR) is 26.1 cm³/mol. The van der Waals surface area contributed by atoms with Crippen molar-refractivity contribution >= 4 is 6.08 Å². The first-order chi connectivity index (χ1) is 4.55. The summed E-state index contributed by atoms with van der Waals surface area (Å²) < 4.78 is 34.9. The van der Waals surface area contributed by atoms with E-state index in [4.69, 9.17) is 0 Å². The third kappa shape index (κ3) is 1.36. The smallest absolute Gasteiger partial charge is 0.211 e. The molecule has 5 heteroatoms. The monoisotopic (exact) mass is 151 g/mol. The lowest BCUT2D eigenvalue weighted by Gasteiger charge is -2.00. The molecule has 1 fully saturated rings. The largest absolute Gasteiger partial charge is 0.393 e. The molecule has 0 heterocycles. The van der Waals surface area contributed by atoms with E-state index in [-0.39, 0.29) is 6.42 Å². The summed E-state index contributed by atoms with van der Waals surface area (Å²) in [4.78, 5) is 12.4. The van der Waals surface area contributed by atoms with Gasteiger partial charge >= 0.3 is 6.18 Å². The highest BCUT2D eigenvalue weighted by atomic mass is 19.4. The van der Waals surface area contributed by atoms with E-state index in [1.54, 1.807) is 0 Å². The van der Waals surface area contributed by atoms with E-state index in [1.165, 1.54) is 0 Å². The Hall–Kier alpha value is -0.830. The van der Waals surface area contributed by atoms with E-state index in [1.807, 2.05) is 0 Å². The van der Waals surface area contributed by atoms with Crippen LogP contribution in [0.3, 0.4) is 0 Å². The zero-order valence-electron chi connectivity index (χ0n) is 4.85. The normalized spacial score (nSPS) is 31.1. The summed E-state index contributed by atoms with van der Waals surface area (Å²) in [5.74, 6) is -1.39. The van der Waals surface area contributed by atoms with Gasteiger partial charge in [0.05, 0.1) is 12.0 Å². The molecule has 1 aliphatic carbocycles. The van der Waals surface area contributed by atoms with Gasteiger partial charge in [-0.25, -0.2) is 9.79 Å². The molecule has 0 aromatic heterocycles. The number of halogens is 3. The molecule has 0 aliphatic heterocycles. The third-order valence-corrected chi connectivity index (χ3v) is 1.40. The fourth-order valence-corrected chi connectivity index (χ4v) is 0.744. The molecule has 56 valence electrons. The maximum absolute atomic E-state index is 11.6. The van der Waals surface area contributed by atoms with Crippen LogP contribution < -0.4 is 0 Å². The number of carbonyl (C=O) groups excluding carboxylic acids is 1. The van der Waals surface area contributed by atoms with Crippen LogP contribution in [-0.2, 0) is 4.79 Å². The maximum Gasteiger partial charge on any atom is 0.393 e. The molecule has 0 aromatic carbocycles. The molecule has 1 aliphatic rings. The van der Waals surface area contributed by atoms with Crippen molar-refractivity contribution in [1.82, 2.24) is 0 Å². The zero-order valence-corrected chi connectivity index (χ0v) is 4.85. The molecule has 1 saturated carbocycles. The van der Waals surface area contributed by atoms with Gasteiger partial charge in [-0.3, -0.25) is 0 Å². The van der Waals surface area contributed by atoms with Crippen molar-refractivity contribution < 1.29 is 18.0 Å². The second kappa shape index (κ2) is 2.09. The summed E-state index contributed by atoms with van der Waals surface area (Å²) in [7, 11) is 0. The number of aliphatic imine (C=N–C) groups is 1. The van der Waals surface area contributed by atoms with Gasteiger partial charge in [-0.2, -0.15) is 13.2 Å². The molecule has 2 nitrogen and oxygen atoms in total. The van der Waals surface area contributed by atoms with Crippen molar-refractivity contribution in [2.45, 2.75) is 18.6 Å². The highest BCUT2D eigenvalue weighted by Crippen LogP contribution is 2.46. The lowest BCUT2D eigenvalue weighted by atomic mass is 10.4. The molecule has 10 heavy (non-hydrogen) atoms. The van der Waals surface area contributed by atoms with Gasteiger partial charge in [0.25, 0.3) is 0 Å². The van der Waals surface area contributed by atoms with Gasteiger partial charge in [0.1, 0.15) is 0 Å². The zero-order chi connectivity index (χ0) is 7.78. The molecule has 1 rings (SSSR count). The molecule has 0 bridgehead atoms. The summed E-state index contributed by atoms with van der Waals surface area (Å²) in [6.07, 6.45) is -3.14. The number of isocyanates is 1. The SMILES string of the molecule is O=C=N[C@H]1C[C@H]1C(F)(F)F. The number of hydrogen-bond acceptors (Lipinski definition) is 2. The first kappa shape index (κ1) is 7.28. The lowest BCUT2D eigenvalue weighted by molar-refractivity contribution is -0.148. The summed E-state index contributed by atoms with van der Waals surface area (Å²) in [5, 5.41) is 0. The van der Waals surface area contributed by atoms with Gasteiger partial charge in [0, 0.05) is 0 Å². The molecule has 0 radical (unpaired) electrons. The van der Waals surface area contributed by atoms with Crippen LogP contribution in [-0.4, -0.2) is 18.3 Å². The van der Waals surface area contributed by atoms with Gasteiger partial charge in [-0.05, 0) is 6.42 Å². The highest BCUT2D eigenvalue weighted by Gasteiger charge is 2.56. The van der Waals surface area contributed by atoms with E-state index in [0.717, 1.165) is 6.08 Å². The lowest BCUT2D eigenvalue weighted by Crippen LogP contribution is -2.12. The van der Waals surface area contributed by atoms with Crippen LogP contribution in [0.2, 0.25) is 0 Å². The van der Waals surface area contributed by atoms with Crippen molar-refractivity contribution in [2.24, 2.45) is 10.9 Å². The van der Waals surface area contributed by atoms with Gasteiger partial charge in [0.2, 0.25) is 6.08 Å². The first-order valence-corrected chi connectivity index (χ1v) is 2.69. The number of hydrogen-bond donors (Lipinski definition) is 0. The molecule has 0 aromatic rings. The number of nitrogens with zero attached hydrogens (tertiary/aromatic N) is 1. The predicted octanol–water partition coefficient (Wildman–Crippen LogP) is 1.27. The molecular weight excluding hydrogens is 147 g/mol. The average molecular weight is 151 g/mol. The van der Waals surface area contributed by atoms with E-state index in [0.29, 0.717) is 0 Å². The molecule has 0 saturated heterocycles. The third-order valence-electron chi connectivity index (χ3n) is 1.40. The minimum Gasteiger partial charge on any atom is -0.211 e. The highest BCUT2D eigenvalue weighted by molar-refractivity contribution is 5.35. The molecule has 0 amide bonds. The maximum atomic E-state index is 11.6. The van der Waals surface area contributed by atoms with Crippen LogP contribution in [0.5, 0.6) is 0 Å². The molecule has 0 N–H and O–H groups in total. The van der Waals surface area contributed by atoms with Crippen LogP contribution in [0.25, 0.3) is 0 Å². The van der Waals surface area contributed by atoms with E-state index in [2.05, 4.69) is 4.99 Å². The quantitative estimate of drug-likeness (QED) is 0.410. The molecule has 0 unspecified atom stereocenters. The summed E-state index contributed by atoms with van der Waals surface area (Å²) in [5.41, 5.74) is 0. The Morgan fingerprint density at radius 3 is 2.40 bits per heavy atom. The van der Waals surface area contributed by atoms with Crippen LogP contribution in [0.4, 0.5) is 13.2 Å². The summed E-state index contributed by atoms with van der Waals surface area (Å²) in [6.45, 7) is 0. The minimum atomic E-state index is -4.19. The van der Waals surface area contributed by atoms with Crippen molar-refractivity contribution in [3.63, 3.8) is 0 Å². The molecule has 0 spiro atoms. The Morgan fingerprint density at radius 2 is 2.10 bits per heavy atom. The fraction of sp³-hybridized carbons (Fsp3) is 0.800. The standard InChI is InChI=1S/C5H4F3NO/c6-5(7,8)3-1-4(3)9-2-10/h3-4H,1H2/t3-,4+/m1/s1. The summed E-state index contributed by atoms with van der Waals surface area (Å²) >= 11 is 0. The second-order valence-electron chi connectivity index (χ2n) is 2.17. The Kier molecular flexibility index (Phi) is 1.52. The van der Waals surface area contributed by atoms with Gasteiger partial charge in [-0.1, -0.05) is 0 Å². The van der Waals surface area contributed by atoms with Crippen LogP contribution in [0, 0.1) is 5.92 Å². The van der Waals surface area contributed by atoms with Crippen LogP contribution in [0.15, 0.2) is 4.99 Å². The average Bonchev–Trinajstić information content (AvgIpc) is 2.44.